The van der Waals surface area contributed by atoms with E-state index in [0.717, 1.165) is 18.2 Å². The molecular weight excluding hydrogens is 260 g/mol. The van der Waals surface area contributed by atoms with E-state index in [1.54, 1.807) is 0 Å². The van der Waals surface area contributed by atoms with Gasteiger partial charge in [0.2, 0.25) is 0 Å². The molecule has 18 heavy (non-hydrogen) atoms. The molecule has 0 spiro atoms. The van der Waals surface area contributed by atoms with Crippen molar-refractivity contribution in [1.29, 1.82) is 0 Å². The number of nitrogens with one attached hydrogen (secondary N) is 1. The Morgan fingerprint density at radius 3 is 3.00 bits per heavy atom. The van der Waals surface area contributed by atoms with Crippen LogP contribution >= 0.6 is 23.1 Å². The van der Waals surface area contributed by atoms with E-state index in [1.165, 1.54) is 42.1 Å². The summed E-state index contributed by atoms with van der Waals surface area (Å²) in [6, 6.07) is 0.612. The number of aryl methyl sites for hydroxylation is 1. The summed E-state index contributed by atoms with van der Waals surface area (Å²) >= 11 is 3.98. The van der Waals surface area contributed by atoms with Gasteiger partial charge in [0.1, 0.15) is 0 Å². The number of thiazole rings is 1. The molecule has 1 aliphatic heterocycles. The van der Waals surface area contributed by atoms with Crippen LogP contribution in [0.1, 0.15) is 43.3 Å². The Morgan fingerprint density at radius 1 is 1.50 bits per heavy atom. The van der Waals surface area contributed by atoms with Crippen LogP contribution in [0.4, 0.5) is 0 Å². The largest absolute Gasteiger partial charge is 0.312 e. The summed E-state index contributed by atoms with van der Waals surface area (Å²) in [4.78, 5) is 4.62. The second kappa shape index (κ2) is 7.51. The van der Waals surface area contributed by atoms with E-state index in [1.807, 2.05) is 11.3 Å². The number of nitrogens with zero attached hydrogens (tertiary/aromatic N) is 1. The Labute approximate surface area is 119 Å². The fraction of sp³-hybridized carbons (Fsp3) is 0.786. The van der Waals surface area contributed by atoms with E-state index in [-0.39, 0.29) is 0 Å². The van der Waals surface area contributed by atoms with Gasteiger partial charge in [0, 0.05) is 28.8 Å². The lowest BCUT2D eigenvalue weighted by Crippen LogP contribution is -2.41. The maximum atomic E-state index is 4.62. The van der Waals surface area contributed by atoms with E-state index in [0.29, 0.717) is 6.04 Å². The molecule has 0 bridgehead atoms. The standard InChI is InChI=1S/C14H24N2S2/c1-3-7-15-12(13-6-4-5-8-17-13)9-14-16-11(2)10-18-14/h10,12-13,15H,3-9H2,1-2H3. The molecule has 1 aromatic heterocycles. The van der Waals surface area contributed by atoms with E-state index in [9.17, 15) is 0 Å². The first-order valence-corrected chi connectivity index (χ1v) is 8.98. The van der Waals surface area contributed by atoms with E-state index < -0.39 is 0 Å². The van der Waals surface area contributed by atoms with E-state index in [4.69, 9.17) is 0 Å². The summed E-state index contributed by atoms with van der Waals surface area (Å²) in [6.45, 7) is 5.46. The minimum Gasteiger partial charge on any atom is -0.312 e. The molecule has 4 heteroatoms. The van der Waals surface area contributed by atoms with Crippen molar-refractivity contribution in [2.45, 2.75) is 57.2 Å². The summed E-state index contributed by atoms with van der Waals surface area (Å²) in [5.74, 6) is 1.34. The van der Waals surface area contributed by atoms with Crippen LogP contribution in [0, 0.1) is 6.92 Å². The monoisotopic (exact) mass is 284 g/mol. The number of thioether (sulfide) groups is 1. The second-order valence-electron chi connectivity index (χ2n) is 5.05. The fourth-order valence-electron chi connectivity index (χ4n) is 2.43. The summed E-state index contributed by atoms with van der Waals surface area (Å²) < 4.78 is 0. The predicted molar refractivity (Wildman–Crippen MR) is 82.7 cm³/mol. The van der Waals surface area contributed by atoms with Gasteiger partial charge in [-0.1, -0.05) is 13.3 Å². The van der Waals surface area contributed by atoms with Crippen LogP contribution in [-0.2, 0) is 6.42 Å². The molecule has 2 atom stereocenters. The zero-order valence-corrected chi connectivity index (χ0v) is 13.1. The molecule has 0 saturated carbocycles. The van der Waals surface area contributed by atoms with Gasteiger partial charge < -0.3 is 5.32 Å². The van der Waals surface area contributed by atoms with Crippen LogP contribution in [-0.4, -0.2) is 28.6 Å². The van der Waals surface area contributed by atoms with Crippen LogP contribution in [0.5, 0.6) is 0 Å². The Kier molecular flexibility index (Phi) is 5.99. The SMILES string of the molecule is CCCNC(Cc1nc(C)cs1)C1CCCCS1. The van der Waals surface area contributed by atoms with Crippen LogP contribution in [0.25, 0.3) is 0 Å². The summed E-state index contributed by atoms with van der Waals surface area (Å²) in [5.41, 5.74) is 1.17. The maximum absolute atomic E-state index is 4.62. The molecule has 1 N–H and O–H groups in total. The van der Waals surface area contributed by atoms with Gasteiger partial charge in [-0.15, -0.1) is 11.3 Å². The Hall–Kier alpha value is -0.0600. The van der Waals surface area contributed by atoms with E-state index in [2.05, 4.69) is 41.3 Å². The van der Waals surface area contributed by atoms with E-state index >= 15 is 0 Å². The van der Waals surface area contributed by atoms with Gasteiger partial charge in [-0.2, -0.15) is 11.8 Å². The molecule has 0 amide bonds. The summed E-state index contributed by atoms with van der Waals surface area (Å²) in [5, 5.41) is 7.99. The third-order valence-corrected chi connectivity index (χ3v) is 5.89. The van der Waals surface area contributed by atoms with Crippen LogP contribution in [0.3, 0.4) is 0 Å². The highest BCUT2D eigenvalue weighted by Crippen LogP contribution is 2.29. The topological polar surface area (TPSA) is 24.9 Å². The summed E-state index contributed by atoms with van der Waals surface area (Å²) in [7, 11) is 0. The number of rotatable bonds is 6. The number of hydrogen-bond donors (Lipinski definition) is 1. The second-order valence-corrected chi connectivity index (χ2v) is 7.34. The molecule has 0 aliphatic carbocycles. The minimum absolute atomic E-state index is 0.612. The number of hydrogen-bond acceptors (Lipinski definition) is 4. The summed E-state index contributed by atoms with van der Waals surface area (Å²) in [6.07, 6.45) is 6.49. The molecule has 0 aromatic carbocycles. The highest BCUT2D eigenvalue weighted by molar-refractivity contribution is 8.00. The molecule has 2 heterocycles. The van der Waals surface area contributed by atoms with Crippen molar-refractivity contribution >= 4 is 23.1 Å². The lowest BCUT2D eigenvalue weighted by atomic mass is 10.0. The molecule has 1 saturated heterocycles. The normalized spacial score (nSPS) is 22.0. The smallest absolute Gasteiger partial charge is 0.0944 e. The van der Waals surface area contributed by atoms with Crippen molar-refractivity contribution in [3.63, 3.8) is 0 Å². The Bertz CT molecular complexity index is 345. The van der Waals surface area contributed by atoms with Crippen LogP contribution < -0.4 is 5.32 Å². The third kappa shape index (κ3) is 4.25. The highest BCUT2D eigenvalue weighted by atomic mass is 32.2. The quantitative estimate of drug-likeness (QED) is 0.863. The van der Waals surface area contributed by atoms with Gasteiger partial charge in [0.15, 0.2) is 0 Å². The van der Waals surface area contributed by atoms with Gasteiger partial charge in [-0.05, 0) is 38.5 Å². The van der Waals surface area contributed by atoms with Gasteiger partial charge >= 0.3 is 0 Å². The Balaban J connectivity index is 1.94. The highest BCUT2D eigenvalue weighted by Gasteiger charge is 2.24. The van der Waals surface area contributed by atoms with Crippen LogP contribution in [0.2, 0.25) is 0 Å². The van der Waals surface area contributed by atoms with Crippen molar-refractivity contribution in [1.82, 2.24) is 10.3 Å². The van der Waals surface area contributed by atoms with Gasteiger partial charge in [-0.3, -0.25) is 0 Å². The van der Waals surface area contributed by atoms with Crippen molar-refractivity contribution in [2.75, 3.05) is 12.3 Å². The molecule has 1 aliphatic rings. The molecular formula is C14H24N2S2. The molecule has 2 rings (SSSR count). The molecule has 1 aromatic rings. The minimum atomic E-state index is 0.612. The first kappa shape index (κ1) is 14.4. The molecule has 102 valence electrons. The predicted octanol–water partition coefficient (Wildman–Crippen LogP) is 3.65. The van der Waals surface area contributed by atoms with Crippen molar-refractivity contribution < 1.29 is 0 Å². The zero-order chi connectivity index (χ0) is 12.8. The van der Waals surface area contributed by atoms with Crippen LogP contribution in [0.15, 0.2) is 5.38 Å². The van der Waals surface area contributed by atoms with Crippen molar-refractivity contribution in [3.8, 4) is 0 Å². The van der Waals surface area contributed by atoms with Crippen molar-refractivity contribution in [3.05, 3.63) is 16.1 Å². The van der Waals surface area contributed by atoms with Gasteiger partial charge in [-0.25, -0.2) is 4.98 Å². The third-order valence-electron chi connectivity index (χ3n) is 3.38. The van der Waals surface area contributed by atoms with Gasteiger partial charge in [0.25, 0.3) is 0 Å². The fourth-order valence-corrected chi connectivity index (χ4v) is 4.70. The molecule has 1 fully saturated rings. The molecule has 0 radical (unpaired) electrons. The Morgan fingerprint density at radius 2 is 2.39 bits per heavy atom. The average molecular weight is 284 g/mol. The first-order chi connectivity index (χ1) is 8.79. The maximum Gasteiger partial charge on any atom is 0.0944 e. The zero-order valence-electron chi connectivity index (χ0n) is 11.4. The first-order valence-electron chi connectivity index (χ1n) is 7.05. The lowest BCUT2D eigenvalue weighted by Gasteiger charge is -2.30. The molecule has 2 nitrogen and oxygen atoms in total. The molecule has 2 unspecified atom stereocenters. The number of aromatic nitrogens is 1. The van der Waals surface area contributed by atoms with Crippen molar-refractivity contribution in [2.24, 2.45) is 0 Å². The average Bonchev–Trinajstić information content (AvgIpc) is 2.81. The van der Waals surface area contributed by atoms with Gasteiger partial charge in [0.05, 0.1) is 5.01 Å². The lowest BCUT2D eigenvalue weighted by molar-refractivity contribution is 0.460.